The van der Waals surface area contributed by atoms with Crippen molar-refractivity contribution in [2.24, 2.45) is 4.99 Å². The van der Waals surface area contributed by atoms with E-state index in [1.807, 2.05) is 53.7 Å². The molecule has 0 aliphatic carbocycles. The Morgan fingerprint density at radius 3 is 2.19 bits per heavy atom. The van der Waals surface area contributed by atoms with Gasteiger partial charge in [-0.1, -0.05) is 41.5 Å². The fourth-order valence-corrected chi connectivity index (χ4v) is 5.69. The Morgan fingerprint density at radius 2 is 1.75 bits per heavy atom. The minimum atomic E-state index is -1.60. The van der Waals surface area contributed by atoms with E-state index in [4.69, 9.17) is 9.47 Å². The summed E-state index contributed by atoms with van der Waals surface area (Å²) >= 11 is 1.30. The summed E-state index contributed by atoms with van der Waals surface area (Å²) in [5, 5.41) is 20.1. The summed E-state index contributed by atoms with van der Waals surface area (Å²) in [6.07, 6.45) is 1.54. The van der Waals surface area contributed by atoms with Gasteiger partial charge < -0.3 is 19.7 Å². The summed E-state index contributed by atoms with van der Waals surface area (Å²) in [6.45, 7) is 13.1. The molecular weight excluding hydrogens is 484 g/mol. The van der Waals surface area contributed by atoms with Crippen LogP contribution < -0.4 is 0 Å². The first-order chi connectivity index (χ1) is 16.5. The molecule has 1 saturated heterocycles. The van der Waals surface area contributed by atoms with Crippen LogP contribution in [-0.2, 0) is 34.7 Å². The number of β-lactam (4-membered cyclic amide) rings is 1. The van der Waals surface area contributed by atoms with E-state index in [0.29, 0.717) is 11.1 Å². The van der Waals surface area contributed by atoms with Gasteiger partial charge in [-0.2, -0.15) is 0 Å². The van der Waals surface area contributed by atoms with E-state index in [0.717, 1.165) is 16.0 Å². The molecule has 1 aromatic rings. The van der Waals surface area contributed by atoms with Crippen LogP contribution in [-0.4, -0.2) is 69.7 Å². The highest BCUT2D eigenvalue weighted by Crippen LogP contribution is 2.49. The third-order valence-electron chi connectivity index (χ3n) is 6.20. The van der Waals surface area contributed by atoms with Gasteiger partial charge in [0.05, 0.1) is 0 Å². The van der Waals surface area contributed by atoms with Crippen LogP contribution in [0.25, 0.3) is 0 Å². The first-order valence-corrected chi connectivity index (χ1v) is 12.6. The molecule has 2 N–H and O–H groups in total. The smallest absolute Gasteiger partial charge is 0.352 e. The SMILES string of the molecule is CO[C@@]1(N=Cc2cc(C(C)(C)C)c(O)c(C(C)(C)C)c2)C(=O)N2C(C(=O)O)=C(COC(C)=O)CS[C@H]21. The quantitative estimate of drug-likeness (QED) is 0.333. The highest BCUT2D eigenvalue weighted by atomic mass is 32.2. The molecule has 196 valence electrons. The molecule has 10 heteroatoms. The van der Waals surface area contributed by atoms with Crippen molar-refractivity contribution in [3.05, 3.63) is 40.1 Å². The number of hydrogen-bond donors (Lipinski definition) is 2. The van der Waals surface area contributed by atoms with Gasteiger partial charge in [-0.25, -0.2) is 9.79 Å². The van der Waals surface area contributed by atoms with Crippen molar-refractivity contribution < 1.29 is 34.1 Å². The summed E-state index contributed by atoms with van der Waals surface area (Å²) in [6, 6.07) is 3.68. The zero-order valence-electron chi connectivity index (χ0n) is 22.0. The van der Waals surface area contributed by atoms with Gasteiger partial charge >= 0.3 is 11.9 Å². The number of carbonyl (C=O) groups is 3. The van der Waals surface area contributed by atoms with E-state index in [2.05, 4.69) is 4.99 Å². The lowest BCUT2D eigenvalue weighted by molar-refractivity contribution is -0.182. The Hall–Kier alpha value is -2.85. The van der Waals surface area contributed by atoms with Crippen molar-refractivity contribution in [3.63, 3.8) is 0 Å². The lowest BCUT2D eigenvalue weighted by Crippen LogP contribution is -2.73. The van der Waals surface area contributed by atoms with Gasteiger partial charge in [0, 0.05) is 42.7 Å². The highest BCUT2D eigenvalue weighted by Gasteiger charge is 2.66. The molecular formula is C26H34N2O7S. The van der Waals surface area contributed by atoms with Gasteiger partial charge in [0.1, 0.15) is 23.4 Å². The van der Waals surface area contributed by atoms with E-state index in [9.17, 15) is 24.6 Å². The van der Waals surface area contributed by atoms with Crippen LogP contribution in [0, 0.1) is 0 Å². The van der Waals surface area contributed by atoms with Crippen LogP contribution in [0.15, 0.2) is 28.4 Å². The molecule has 1 aromatic carbocycles. The van der Waals surface area contributed by atoms with E-state index in [1.165, 1.54) is 25.8 Å². The van der Waals surface area contributed by atoms with Gasteiger partial charge in [-0.05, 0) is 28.5 Å². The second kappa shape index (κ2) is 9.55. The van der Waals surface area contributed by atoms with Gasteiger partial charge in [-0.3, -0.25) is 14.5 Å². The van der Waals surface area contributed by atoms with Crippen LogP contribution >= 0.6 is 11.8 Å². The van der Waals surface area contributed by atoms with E-state index in [-0.39, 0.29) is 34.6 Å². The number of phenols is 1. The number of nitrogens with zero attached hydrogens (tertiary/aromatic N) is 2. The van der Waals surface area contributed by atoms with E-state index >= 15 is 0 Å². The molecule has 2 aliphatic heterocycles. The van der Waals surface area contributed by atoms with Crippen LogP contribution in [0.5, 0.6) is 5.75 Å². The zero-order chi connectivity index (χ0) is 27.2. The van der Waals surface area contributed by atoms with E-state index < -0.39 is 28.9 Å². The first kappa shape index (κ1) is 27.7. The lowest BCUT2D eigenvalue weighted by atomic mass is 9.78. The van der Waals surface area contributed by atoms with Crippen molar-refractivity contribution in [2.45, 2.75) is 70.4 Å². The average molecular weight is 519 g/mol. The molecule has 3 rings (SSSR count). The Morgan fingerprint density at radius 1 is 1.19 bits per heavy atom. The molecule has 0 radical (unpaired) electrons. The molecule has 1 amide bonds. The number of hydrogen-bond acceptors (Lipinski definition) is 8. The van der Waals surface area contributed by atoms with Gasteiger partial charge in [0.15, 0.2) is 0 Å². The number of ether oxygens (including phenoxy) is 2. The molecule has 2 aliphatic rings. The number of aliphatic imine (C=N–C) groups is 1. The number of methoxy groups -OCH3 is 1. The Balaban J connectivity index is 2.02. The van der Waals surface area contributed by atoms with Gasteiger partial charge in [0.25, 0.3) is 11.6 Å². The average Bonchev–Trinajstić information content (AvgIpc) is 2.76. The minimum absolute atomic E-state index is 0.206. The number of carboxylic acids is 1. The van der Waals surface area contributed by atoms with Gasteiger partial charge in [0.2, 0.25) is 0 Å². The largest absolute Gasteiger partial charge is 0.507 e. The van der Waals surface area contributed by atoms with Crippen LogP contribution in [0.3, 0.4) is 0 Å². The Bertz CT molecular complexity index is 1120. The van der Waals surface area contributed by atoms with Crippen molar-refractivity contribution in [2.75, 3.05) is 19.5 Å². The number of amides is 1. The van der Waals surface area contributed by atoms with Crippen molar-refractivity contribution in [1.82, 2.24) is 4.90 Å². The topological polar surface area (TPSA) is 126 Å². The number of rotatable bonds is 6. The number of carboxylic acid groups (broad SMARTS) is 1. The van der Waals surface area contributed by atoms with Crippen molar-refractivity contribution in [3.8, 4) is 5.75 Å². The van der Waals surface area contributed by atoms with Crippen molar-refractivity contribution >= 4 is 35.8 Å². The predicted molar refractivity (Wildman–Crippen MR) is 137 cm³/mol. The van der Waals surface area contributed by atoms with Gasteiger partial charge in [-0.15, -0.1) is 11.8 Å². The maximum absolute atomic E-state index is 13.3. The maximum Gasteiger partial charge on any atom is 0.352 e. The van der Waals surface area contributed by atoms with Crippen LogP contribution in [0.2, 0.25) is 0 Å². The number of thioether (sulfide) groups is 1. The van der Waals surface area contributed by atoms with Crippen molar-refractivity contribution in [1.29, 1.82) is 0 Å². The van der Waals surface area contributed by atoms with Crippen LogP contribution in [0.1, 0.15) is 65.2 Å². The maximum atomic E-state index is 13.3. The number of benzene rings is 1. The molecule has 0 aromatic heterocycles. The fraction of sp³-hybridized carbons (Fsp3) is 0.538. The second-order valence-corrected chi connectivity index (χ2v) is 12.1. The first-order valence-electron chi connectivity index (χ1n) is 11.6. The molecule has 2 heterocycles. The molecule has 0 unspecified atom stereocenters. The van der Waals surface area contributed by atoms with Crippen LogP contribution in [0.4, 0.5) is 0 Å². The normalized spacial score (nSPS) is 22.5. The zero-order valence-corrected chi connectivity index (χ0v) is 22.8. The predicted octanol–water partition coefficient (Wildman–Crippen LogP) is 3.57. The number of fused-ring (bicyclic) bond motifs is 1. The standard InChI is InChI=1S/C26H34N2O7S/c1-14(29)35-12-16-13-36-23-26(34-8,22(33)28(23)19(16)21(31)32)27-11-15-9-17(24(2,3)4)20(30)18(10-15)25(5,6)7/h9-11,23,30H,12-13H2,1-8H3,(H,31,32)/t23-,26-/m0/s1. The molecule has 9 nitrogen and oxygen atoms in total. The third kappa shape index (κ3) is 4.88. The number of phenolic OH excluding ortho intramolecular Hbond substituents is 1. The summed E-state index contributed by atoms with van der Waals surface area (Å²) < 4.78 is 10.6. The molecule has 0 spiro atoms. The second-order valence-electron chi connectivity index (χ2n) is 11.0. The fourth-order valence-electron chi connectivity index (χ4n) is 4.28. The lowest BCUT2D eigenvalue weighted by Gasteiger charge is -2.53. The number of carbonyl (C=O) groups excluding carboxylic acids is 2. The summed E-state index contributed by atoms with van der Waals surface area (Å²) in [5.74, 6) is -1.96. The summed E-state index contributed by atoms with van der Waals surface area (Å²) in [7, 11) is 1.36. The number of aromatic hydroxyl groups is 1. The number of esters is 1. The molecule has 36 heavy (non-hydrogen) atoms. The third-order valence-corrected chi connectivity index (χ3v) is 7.56. The summed E-state index contributed by atoms with van der Waals surface area (Å²) in [5.41, 5.74) is 0.0522. The molecule has 1 fully saturated rings. The molecule has 0 saturated carbocycles. The van der Waals surface area contributed by atoms with E-state index in [1.54, 1.807) is 6.21 Å². The molecule has 2 atom stereocenters. The Labute approximate surface area is 215 Å². The summed E-state index contributed by atoms with van der Waals surface area (Å²) in [4.78, 5) is 42.2. The Kier molecular flexibility index (Phi) is 7.36. The highest BCUT2D eigenvalue weighted by molar-refractivity contribution is 8.00. The molecule has 0 bridgehead atoms. The number of aliphatic carboxylic acids is 1. The minimum Gasteiger partial charge on any atom is -0.507 e. The monoisotopic (exact) mass is 518 g/mol.